The highest BCUT2D eigenvalue weighted by Crippen LogP contribution is 2.34. The minimum Gasteiger partial charge on any atom is -0.477 e. The Hall–Kier alpha value is -3.12. The molecule has 1 aliphatic heterocycles. The molecule has 2 aliphatic rings. The van der Waals surface area contributed by atoms with E-state index in [1.165, 1.54) is 30.9 Å². The van der Waals surface area contributed by atoms with Gasteiger partial charge in [-0.2, -0.15) is 0 Å². The number of carbonyl (C=O) groups is 2. The molecular weight excluding hydrogens is 420 g/mol. The number of amides is 2. The number of rotatable bonds is 4. The van der Waals surface area contributed by atoms with Crippen molar-refractivity contribution in [2.45, 2.75) is 44.8 Å². The van der Waals surface area contributed by atoms with E-state index in [2.05, 4.69) is 23.5 Å². The van der Waals surface area contributed by atoms with Gasteiger partial charge in [0.05, 0.1) is 18.3 Å². The van der Waals surface area contributed by atoms with Gasteiger partial charge in [-0.3, -0.25) is 9.59 Å². The Morgan fingerprint density at radius 3 is 2.66 bits per heavy atom. The summed E-state index contributed by atoms with van der Waals surface area (Å²) in [6.45, 7) is 1.71. The van der Waals surface area contributed by atoms with Gasteiger partial charge in [0.2, 0.25) is 5.91 Å². The number of thiophene rings is 1. The van der Waals surface area contributed by atoms with Gasteiger partial charge < -0.3 is 15.0 Å². The number of aryl methyl sites for hydroxylation is 2. The zero-order valence-electron chi connectivity index (χ0n) is 18.0. The molecule has 1 N–H and O–H groups in total. The topological polar surface area (TPSA) is 58.6 Å². The Labute approximate surface area is 192 Å². The van der Waals surface area contributed by atoms with Crippen molar-refractivity contribution >= 4 is 28.8 Å². The highest BCUT2D eigenvalue weighted by atomic mass is 32.1. The molecule has 2 amide bonds. The fourth-order valence-electron chi connectivity index (χ4n) is 4.61. The lowest BCUT2D eigenvalue weighted by molar-refractivity contribution is -0.128. The molecule has 0 saturated heterocycles. The van der Waals surface area contributed by atoms with Gasteiger partial charge in [0, 0.05) is 11.8 Å². The van der Waals surface area contributed by atoms with Crippen LogP contribution in [0.1, 0.15) is 47.4 Å². The van der Waals surface area contributed by atoms with E-state index >= 15 is 0 Å². The number of hydrogen-bond acceptors (Lipinski definition) is 4. The van der Waals surface area contributed by atoms with Crippen molar-refractivity contribution in [2.75, 3.05) is 11.4 Å². The highest BCUT2D eigenvalue weighted by molar-refractivity contribution is 7.10. The van der Waals surface area contributed by atoms with Gasteiger partial charge in [-0.15, -0.1) is 11.3 Å². The molecule has 5 rings (SSSR count). The van der Waals surface area contributed by atoms with E-state index in [1.807, 2.05) is 35.7 Å². The van der Waals surface area contributed by atoms with Crippen molar-refractivity contribution in [3.05, 3.63) is 81.5 Å². The molecule has 1 aromatic heterocycles. The van der Waals surface area contributed by atoms with Gasteiger partial charge in [0.25, 0.3) is 5.91 Å². The van der Waals surface area contributed by atoms with E-state index in [1.54, 1.807) is 22.3 Å². The van der Waals surface area contributed by atoms with Gasteiger partial charge in [0.15, 0.2) is 6.10 Å². The van der Waals surface area contributed by atoms with Crippen LogP contribution in [0.4, 0.5) is 5.69 Å². The lowest BCUT2D eigenvalue weighted by Gasteiger charge is -2.34. The fraction of sp³-hybridized carbons (Fsp3) is 0.308. The molecule has 0 fully saturated rings. The van der Waals surface area contributed by atoms with Crippen molar-refractivity contribution in [2.24, 2.45) is 0 Å². The summed E-state index contributed by atoms with van der Waals surface area (Å²) in [5, 5.41) is 5.24. The first-order valence-corrected chi connectivity index (χ1v) is 12.0. The van der Waals surface area contributed by atoms with Crippen LogP contribution in [-0.2, 0) is 22.4 Å². The van der Waals surface area contributed by atoms with Crippen molar-refractivity contribution in [1.29, 1.82) is 0 Å². The maximum atomic E-state index is 13.4. The summed E-state index contributed by atoms with van der Waals surface area (Å²) in [5.41, 5.74) is 4.59. The molecule has 32 heavy (non-hydrogen) atoms. The zero-order chi connectivity index (χ0) is 22.1. The molecule has 5 nitrogen and oxygen atoms in total. The van der Waals surface area contributed by atoms with Gasteiger partial charge in [-0.25, -0.2) is 0 Å². The summed E-state index contributed by atoms with van der Waals surface area (Å²) in [6, 6.07) is 17.7. The number of para-hydroxylation sites is 2. The van der Waals surface area contributed by atoms with Gasteiger partial charge in [-0.1, -0.05) is 36.4 Å². The Balaban J connectivity index is 1.42. The summed E-state index contributed by atoms with van der Waals surface area (Å²) < 4.78 is 6.02. The lowest BCUT2D eigenvalue weighted by Crippen LogP contribution is -2.51. The molecule has 3 aromatic rings. The minimum absolute atomic E-state index is 0.108. The number of nitrogens with one attached hydrogen (secondary N) is 1. The fourth-order valence-corrected chi connectivity index (χ4v) is 5.41. The summed E-state index contributed by atoms with van der Waals surface area (Å²) in [6.07, 6.45) is 3.90. The quantitative estimate of drug-likeness (QED) is 0.635. The molecule has 2 unspecified atom stereocenters. The number of fused-ring (bicyclic) bond motifs is 2. The number of nitrogens with zero attached hydrogens (tertiary/aromatic N) is 1. The number of ether oxygens (including phenoxy) is 1. The van der Waals surface area contributed by atoms with E-state index < -0.39 is 6.10 Å². The molecule has 2 atom stereocenters. The van der Waals surface area contributed by atoms with Crippen molar-refractivity contribution in [1.82, 2.24) is 5.32 Å². The average Bonchev–Trinajstić information content (AvgIpc) is 3.36. The Bertz CT molecular complexity index is 1140. The Morgan fingerprint density at radius 1 is 1.06 bits per heavy atom. The van der Waals surface area contributed by atoms with Crippen LogP contribution in [0.5, 0.6) is 5.75 Å². The van der Waals surface area contributed by atoms with Crippen LogP contribution in [0.3, 0.4) is 0 Å². The minimum atomic E-state index is -0.770. The standard InChI is InChI=1S/C26H26N2O3S/c1-17(29)28-16-23(31-22-10-5-4-9-21(22)28)26(30)27-25(24-11-6-14-32-24)20-13-12-18-7-2-3-8-19(18)15-20/h4-6,9-15,23,25H,2-3,7-8,16H2,1H3,(H,27,30). The van der Waals surface area contributed by atoms with Crippen LogP contribution in [0.15, 0.2) is 60.0 Å². The molecular formula is C26H26N2O3S. The van der Waals surface area contributed by atoms with Gasteiger partial charge >= 0.3 is 0 Å². The second kappa shape index (κ2) is 8.79. The molecule has 6 heteroatoms. The largest absolute Gasteiger partial charge is 0.477 e. The molecule has 164 valence electrons. The summed E-state index contributed by atoms with van der Waals surface area (Å²) in [5.74, 6) is 0.223. The maximum Gasteiger partial charge on any atom is 0.263 e. The third-order valence-electron chi connectivity index (χ3n) is 6.27. The average molecular weight is 447 g/mol. The molecule has 2 heterocycles. The number of hydrogen-bond donors (Lipinski definition) is 1. The van der Waals surface area contributed by atoms with Crippen LogP contribution in [0.2, 0.25) is 0 Å². The third-order valence-corrected chi connectivity index (χ3v) is 7.20. The zero-order valence-corrected chi connectivity index (χ0v) is 18.9. The first-order chi connectivity index (χ1) is 15.6. The van der Waals surface area contributed by atoms with Crippen LogP contribution >= 0.6 is 11.3 Å². The van der Waals surface area contributed by atoms with E-state index in [9.17, 15) is 9.59 Å². The number of anilines is 1. The third kappa shape index (κ3) is 4.02. The van der Waals surface area contributed by atoms with Crippen LogP contribution in [-0.4, -0.2) is 24.5 Å². The molecule has 0 bridgehead atoms. The Morgan fingerprint density at radius 2 is 1.88 bits per heavy atom. The van der Waals surface area contributed by atoms with Crippen molar-refractivity contribution < 1.29 is 14.3 Å². The Kier molecular flexibility index (Phi) is 5.70. The first-order valence-electron chi connectivity index (χ1n) is 11.1. The highest BCUT2D eigenvalue weighted by Gasteiger charge is 2.34. The first kappa shape index (κ1) is 20.8. The molecule has 0 radical (unpaired) electrons. The van der Waals surface area contributed by atoms with Gasteiger partial charge in [0.1, 0.15) is 5.75 Å². The van der Waals surface area contributed by atoms with Crippen molar-refractivity contribution in [3.63, 3.8) is 0 Å². The van der Waals surface area contributed by atoms with Gasteiger partial charge in [-0.05, 0) is 66.0 Å². The maximum absolute atomic E-state index is 13.4. The summed E-state index contributed by atoms with van der Waals surface area (Å²) in [4.78, 5) is 28.3. The van der Waals surface area contributed by atoms with Crippen molar-refractivity contribution in [3.8, 4) is 5.75 Å². The molecule has 0 saturated carbocycles. The van der Waals surface area contributed by atoms with Crippen LogP contribution in [0, 0.1) is 0 Å². The monoisotopic (exact) mass is 446 g/mol. The number of benzene rings is 2. The summed E-state index contributed by atoms with van der Waals surface area (Å²) >= 11 is 1.63. The van der Waals surface area contributed by atoms with E-state index in [0.29, 0.717) is 11.4 Å². The normalized spacial score (nSPS) is 18.2. The van der Waals surface area contributed by atoms with E-state index in [4.69, 9.17) is 4.74 Å². The van der Waals surface area contributed by atoms with E-state index in [-0.39, 0.29) is 24.4 Å². The predicted octanol–water partition coefficient (Wildman–Crippen LogP) is 4.65. The number of carbonyl (C=O) groups excluding carboxylic acids is 2. The summed E-state index contributed by atoms with van der Waals surface area (Å²) in [7, 11) is 0. The lowest BCUT2D eigenvalue weighted by atomic mass is 9.89. The smallest absolute Gasteiger partial charge is 0.263 e. The second-order valence-electron chi connectivity index (χ2n) is 8.40. The molecule has 1 aliphatic carbocycles. The predicted molar refractivity (Wildman–Crippen MR) is 126 cm³/mol. The second-order valence-corrected chi connectivity index (χ2v) is 9.38. The van der Waals surface area contributed by atoms with Crippen LogP contribution < -0.4 is 15.0 Å². The molecule has 2 aromatic carbocycles. The van der Waals surface area contributed by atoms with Crippen LogP contribution in [0.25, 0.3) is 0 Å². The molecule has 0 spiro atoms. The van der Waals surface area contributed by atoms with E-state index in [0.717, 1.165) is 23.3 Å². The SMILES string of the molecule is CC(=O)N1CC(C(=O)NC(c2ccc3c(c2)CCCC3)c2cccs2)Oc2ccccc21.